The maximum Gasteiger partial charge on any atom is 0.389 e. The lowest BCUT2D eigenvalue weighted by Crippen LogP contribution is -2.28. The van der Waals surface area contributed by atoms with E-state index in [9.17, 15) is 19.7 Å². The number of hydrogen-bond donors (Lipinski definition) is 1. The van der Waals surface area contributed by atoms with Gasteiger partial charge in [0.2, 0.25) is 11.1 Å². The minimum absolute atomic E-state index is 0.108. The summed E-state index contributed by atoms with van der Waals surface area (Å²) in [6.07, 6.45) is 1.99. The van der Waals surface area contributed by atoms with Crippen molar-refractivity contribution in [1.29, 1.82) is 0 Å². The molecule has 0 aliphatic rings. The highest BCUT2D eigenvalue weighted by molar-refractivity contribution is 6.63. The van der Waals surface area contributed by atoms with Crippen LogP contribution in [0, 0.1) is 10.1 Å². The van der Waals surface area contributed by atoms with Gasteiger partial charge in [-0.2, -0.15) is 4.68 Å². The van der Waals surface area contributed by atoms with E-state index in [2.05, 4.69) is 10.4 Å². The van der Waals surface area contributed by atoms with Gasteiger partial charge in [-0.25, -0.2) is 0 Å². The Morgan fingerprint density at radius 2 is 2.28 bits per heavy atom. The van der Waals surface area contributed by atoms with Gasteiger partial charge in [0.05, 0.1) is 17.4 Å². The number of hydrogen-bond acceptors (Lipinski definition) is 5. The molecule has 0 aliphatic heterocycles. The summed E-state index contributed by atoms with van der Waals surface area (Å²) >= 11 is 5.13. The number of carbonyl (C=O) groups is 2. The highest BCUT2D eigenvalue weighted by Gasteiger charge is 2.12. The molecule has 0 bridgehead atoms. The van der Waals surface area contributed by atoms with Crippen molar-refractivity contribution in [3.05, 3.63) is 22.4 Å². The number of rotatable bonds is 7. The molecule has 0 fully saturated rings. The average molecular weight is 275 g/mol. The first-order valence-corrected chi connectivity index (χ1v) is 5.49. The molecule has 1 amide bonds. The summed E-state index contributed by atoms with van der Waals surface area (Å²) in [5, 5.41) is 16.0. The second-order valence-corrected chi connectivity index (χ2v) is 3.86. The Kier molecular flexibility index (Phi) is 5.25. The first kappa shape index (κ1) is 14.1. The fourth-order valence-electron chi connectivity index (χ4n) is 1.19. The van der Waals surface area contributed by atoms with E-state index in [0.717, 1.165) is 0 Å². The SMILES string of the molecule is O=C(Cl)CCCNC(=O)Cn1ccc([N+](=O)[O-])n1. The van der Waals surface area contributed by atoms with E-state index in [-0.39, 0.29) is 24.7 Å². The Labute approximate surface area is 107 Å². The maximum atomic E-state index is 11.4. The van der Waals surface area contributed by atoms with Gasteiger partial charge in [0.25, 0.3) is 0 Å². The predicted molar refractivity (Wildman–Crippen MR) is 62.0 cm³/mol. The smallest absolute Gasteiger partial charge is 0.358 e. The van der Waals surface area contributed by atoms with Crippen molar-refractivity contribution in [3.8, 4) is 0 Å². The average Bonchev–Trinajstić information content (AvgIpc) is 2.72. The molecule has 18 heavy (non-hydrogen) atoms. The predicted octanol–water partition coefficient (Wildman–Crippen LogP) is 0.453. The molecule has 1 N–H and O–H groups in total. The van der Waals surface area contributed by atoms with Crippen LogP contribution in [0.4, 0.5) is 5.82 Å². The Bertz CT molecular complexity index is 459. The van der Waals surface area contributed by atoms with Crippen LogP contribution >= 0.6 is 11.6 Å². The van der Waals surface area contributed by atoms with E-state index in [4.69, 9.17) is 11.6 Å². The van der Waals surface area contributed by atoms with Gasteiger partial charge in [-0.3, -0.25) is 9.59 Å². The van der Waals surface area contributed by atoms with Crippen LogP contribution in [0.3, 0.4) is 0 Å². The number of carbonyl (C=O) groups excluding carboxylic acids is 2. The second kappa shape index (κ2) is 6.70. The molecule has 1 heterocycles. The monoisotopic (exact) mass is 274 g/mol. The minimum Gasteiger partial charge on any atom is -0.358 e. The van der Waals surface area contributed by atoms with Crippen LogP contribution < -0.4 is 5.32 Å². The minimum atomic E-state index is -0.638. The van der Waals surface area contributed by atoms with Crippen molar-refractivity contribution in [2.45, 2.75) is 19.4 Å². The summed E-state index contributed by atoms with van der Waals surface area (Å²) in [5.41, 5.74) is 0. The molecule has 8 nitrogen and oxygen atoms in total. The van der Waals surface area contributed by atoms with Gasteiger partial charge in [0.15, 0.2) is 0 Å². The molecule has 0 radical (unpaired) electrons. The zero-order chi connectivity index (χ0) is 13.5. The molecule has 1 aromatic rings. The van der Waals surface area contributed by atoms with Crippen LogP contribution in [0.15, 0.2) is 12.3 Å². The van der Waals surface area contributed by atoms with E-state index in [0.29, 0.717) is 13.0 Å². The van der Waals surface area contributed by atoms with Crippen molar-refractivity contribution in [1.82, 2.24) is 15.1 Å². The van der Waals surface area contributed by atoms with E-state index in [1.54, 1.807) is 0 Å². The zero-order valence-corrected chi connectivity index (χ0v) is 10.1. The summed E-state index contributed by atoms with van der Waals surface area (Å²) in [6.45, 7) is 0.212. The second-order valence-electron chi connectivity index (χ2n) is 3.44. The van der Waals surface area contributed by atoms with Crippen LogP contribution in [0.1, 0.15) is 12.8 Å². The summed E-state index contributed by atoms with van der Waals surface area (Å²) in [6, 6.07) is 1.21. The van der Waals surface area contributed by atoms with Crippen molar-refractivity contribution < 1.29 is 14.5 Å². The normalized spacial score (nSPS) is 10.1. The summed E-state index contributed by atoms with van der Waals surface area (Å²) in [5.74, 6) is -0.648. The fraction of sp³-hybridized carbons (Fsp3) is 0.444. The molecule has 0 aromatic carbocycles. The first-order valence-electron chi connectivity index (χ1n) is 5.12. The molecule has 0 unspecified atom stereocenters. The molecular formula is C9H11ClN4O4. The number of nitrogens with zero attached hydrogens (tertiary/aromatic N) is 3. The van der Waals surface area contributed by atoms with Gasteiger partial charge in [0, 0.05) is 13.0 Å². The highest BCUT2D eigenvalue weighted by atomic mass is 35.5. The van der Waals surface area contributed by atoms with Gasteiger partial charge >= 0.3 is 5.82 Å². The van der Waals surface area contributed by atoms with Crippen LogP contribution in [-0.4, -0.2) is 32.4 Å². The highest BCUT2D eigenvalue weighted by Crippen LogP contribution is 2.04. The molecule has 0 atom stereocenters. The molecule has 0 spiro atoms. The van der Waals surface area contributed by atoms with Gasteiger partial charge in [-0.05, 0) is 22.9 Å². The molecule has 0 saturated carbocycles. The number of aromatic nitrogens is 2. The third-order valence-corrected chi connectivity index (χ3v) is 2.18. The molecular weight excluding hydrogens is 264 g/mol. The standard InChI is InChI=1S/C9H11ClN4O4/c10-7(15)2-1-4-11-9(16)6-13-5-3-8(12-13)14(17)18/h3,5H,1-2,4,6H2,(H,11,16). The molecule has 1 aromatic heterocycles. The Morgan fingerprint density at radius 3 is 2.83 bits per heavy atom. The topological polar surface area (TPSA) is 107 Å². The largest absolute Gasteiger partial charge is 0.389 e. The molecule has 0 aliphatic carbocycles. The van der Waals surface area contributed by atoms with Crippen molar-refractivity contribution in [3.63, 3.8) is 0 Å². The molecule has 1 rings (SSSR count). The van der Waals surface area contributed by atoms with Crippen LogP contribution in [0.25, 0.3) is 0 Å². The quantitative estimate of drug-likeness (QED) is 0.336. The van der Waals surface area contributed by atoms with Crippen LogP contribution in [0.5, 0.6) is 0 Å². The maximum absolute atomic E-state index is 11.4. The van der Waals surface area contributed by atoms with E-state index < -0.39 is 10.2 Å². The van der Waals surface area contributed by atoms with Crippen molar-refractivity contribution >= 4 is 28.6 Å². The van der Waals surface area contributed by atoms with Crippen molar-refractivity contribution in [2.75, 3.05) is 6.54 Å². The van der Waals surface area contributed by atoms with Gasteiger partial charge in [-0.1, -0.05) is 0 Å². The number of nitrogens with one attached hydrogen (secondary N) is 1. The van der Waals surface area contributed by atoms with Crippen LogP contribution in [-0.2, 0) is 16.1 Å². The number of halogens is 1. The van der Waals surface area contributed by atoms with E-state index >= 15 is 0 Å². The molecule has 0 saturated heterocycles. The lowest BCUT2D eigenvalue weighted by Gasteiger charge is -2.02. The lowest BCUT2D eigenvalue weighted by molar-refractivity contribution is -0.389. The summed E-state index contributed by atoms with van der Waals surface area (Å²) < 4.78 is 1.17. The zero-order valence-electron chi connectivity index (χ0n) is 9.34. The van der Waals surface area contributed by atoms with Gasteiger partial charge in [0.1, 0.15) is 6.54 Å². The molecule has 9 heteroatoms. The Hall–Kier alpha value is -1.96. The van der Waals surface area contributed by atoms with Crippen molar-refractivity contribution in [2.24, 2.45) is 0 Å². The summed E-state index contributed by atoms with van der Waals surface area (Å²) in [7, 11) is 0. The van der Waals surface area contributed by atoms with E-state index in [1.807, 2.05) is 0 Å². The Morgan fingerprint density at radius 1 is 1.56 bits per heavy atom. The van der Waals surface area contributed by atoms with Crippen LogP contribution in [0.2, 0.25) is 0 Å². The summed E-state index contributed by atoms with van der Waals surface area (Å²) in [4.78, 5) is 31.5. The third-order valence-electron chi connectivity index (χ3n) is 1.99. The Balaban J connectivity index is 2.31. The third kappa shape index (κ3) is 4.91. The van der Waals surface area contributed by atoms with E-state index in [1.165, 1.54) is 16.9 Å². The first-order chi connectivity index (χ1) is 8.49. The molecule has 98 valence electrons. The fourth-order valence-corrected chi connectivity index (χ4v) is 1.33. The lowest BCUT2D eigenvalue weighted by atomic mass is 10.3. The number of amides is 1. The van der Waals surface area contributed by atoms with Gasteiger partial charge in [-0.15, -0.1) is 0 Å². The number of nitro groups is 1. The van der Waals surface area contributed by atoms with Gasteiger partial charge < -0.3 is 15.4 Å².